The Balaban J connectivity index is 2.22. The van der Waals surface area contributed by atoms with Gasteiger partial charge in [-0.15, -0.1) is 0 Å². The van der Waals surface area contributed by atoms with Gasteiger partial charge in [0.1, 0.15) is 5.69 Å². The molecule has 1 heterocycles. The highest BCUT2D eigenvalue weighted by molar-refractivity contribution is 5.66. The average molecular weight is 251 g/mol. The van der Waals surface area contributed by atoms with E-state index in [1.54, 1.807) is 13.1 Å². The molecule has 1 unspecified atom stereocenters. The second-order valence-corrected chi connectivity index (χ2v) is 4.50. The number of anilines is 1. The first-order valence-electron chi connectivity index (χ1n) is 5.96. The quantitative estimate of drug-likeness (QED) is 0.621. The second-order valence-electron chi connectivity index (χ2n) is 4.50. The number of nitrogens with zero attached hydrogens (tertiary/aromatic N) is 2. The number of rotatable bonds is 4. The molecule has 6 nitrogen and oxygen atoms in total. The third kappa shape index (κ3) is 2.60. The first-order valence-corrected chi connectivity index (χ1v) is 5.96. The predicted octanol–water partition coefficient (Wildman–Crippen LogP) is 1.20. The maximum absolute atomic E-state index is 10.9. The molecule has 0 saturated carbocycles. The summed E-state index contributed by atoms with van der Waals surface area (Å²) in [5.41, 5.74) is 1.54. The highest BCUT2D eigenvalue weighted by atomic mass is 16.6. The normalized spacial score (nSPS) is 20.0. The fraction of sp³-hybridized carbons (Fsp3) is 0.500. The Labute approximate surface area is 105 Å². The molecule has 0 amide bonds. The maximum Gasteiger partial charge on any atom is 0.292 e. The van der Waals surface area contributed by atoms with E-state index in [1.165, 1.54) is 6.07 Å². The van der Waals surface area contributed by atoms with Gasteiger partial charge in [0.15, 0.2) is 0 Å². The van der Waals surface area contributed by atoms with Gasteiger partial charge >= 0.3 is 0 Å². The summed E-state index contributed by atoms with van der Waals surface area (Å²) in [7, 11) is 1.69. The van der Waals surface area contributed by atoms with Crippen LogP contribution >= 0.6 is 0 Å². The molecule has 0 aliphatic carbocycles. The van der Waals surface area contributed by atoms with Crippen LogP contribution in [0.3, 0.4) is 0 Å². The summed E-state index contributed by atoms with van der Waals surface area (Å²) in [6, 6.07) is 5.07. The van der Waals surface area contributed by atoms with Gasteiger partial charge in [0.25, 0.3) is 5.69 Å². The molecule has 2 N–H and O–H groups in total. The summed E-state index contributed by atoms with van der Waals surface area (Å²) in [4.78, 5) is 12.7. The lowest BCUT2D eigenvalue weighted by Gasteiger charge is -2.17. The first kappa shape index (κ1) is 12.8. The molecule has 18 heavy (non-hydrogen) atoms. The molecular formula is C12H17N3O3. The Morgan fingerprint density at radius 3 is 2.94 bits per heavy atom. The van der Waals surface area contributed by atoms with Crippen molar-refractivity contribution in [1.82, 2.24) is 4.90 Å². The zero-order valence-corrected chi connectivity index (χ0v) is 10.3. The highest BCUT2D eigenvalue weighted by Crippen LogP contribution is 2.29. The smallest absolute Gasteiger partial charge is 0.292 e. The van der Waals surface area contributed by atoms with Crippen molar-refractivity contribution in [2.45, 2.75) is 19.1 Å². The van der Waals surface area contributed by atoms with Crippen molar-refractivity contribution in [3.63, 3.8) is 0 Å². The molecule has 1 aliphatic heterocycles. The second kappa shape index (κ2) is 5.32. The molecule has 6 heteroatoms. The lowest BCUT2D eigenvalue weighted by molar-refractivity contribution is -0.384. The van der Waals surface area contributed by atoms with Crippen molar-refractivity contribution in [3.05, 3.63) is 33.9 Å². The zero-order chi connectivity index (χ0) is 13.1. The van der Waals surface area contributed by atoms with E-state index in [0.29, 0.717) is 18.8 Å². The van der Waals surface area contributed by atoms with Crippen LogP contribution in [-0.4, -0.2) is 41.2 Å². The molecule has 1 fully saturated rings. The van der Waals surface area contributed by atoms with Crippen LogP contribution in [0.25, 0.3) is 0 Å². The van der Waals surface area contributed by atoms with Gasteiger partial charge in [-0.1, -0.05) is 12.1 Å². The zero-order valence-electron chi connectivity index (χ0n) is 10.3. The van der Waals surface area contributed by atoms with Crippen LogP contribution in [0, 0.1) is 10.1 Å². The number of benzene rings is 1. The van der Waals surface area contributed by atoms with E-state index in [0.717, 1.165) is 18.5 Å². The number of aliphatic hydroxyl groups excluding tert-OH is 1. The van der Waals surface area contributed by atoms with Gasteiger partial charge < -0.3 is 10.4 Å². The topological polar surface area (TPSA) is 78.6 Å². The average Bonchev–Trinajstić information content (AvgIpc) is 2.74. The fourth-order valence-electron chi connectivity index (χ4n) is 2.36. The molecule has 0 radical (unpaired) electrons. The molecule has 0 bridgehead atoms. The van der Waals surface area contributed by atoms with Crippen LogP contribution in [-0.2, 0) is 6.54 Å². The standard InChI is InChI=1S/C12H17N3O3/c1-13-12-9(3-2-4-11(12)15(17)18)7-14-6-5-10(16)8-14/h2-4,10,13,16H,5-8H2,1H3. The van der Waals surface area contributed by atoms with E-state index in [9.17, 15) is 15.2 Å². The fourth-order valence-corrected chi connectivity index (χ4v) is 2.36. The number of β-amino-alcohol motifs (C(OH)–C–C–N with tert-alkyl or cyclic N) is 1. The molecule has 1 aromatic carbocycles. The number of hydrogen-bond acceptors (Lipinski definition) is 5. The minimum atomic E-state index is -0.381. The van der Waals surface area contributed by atoms with Gasteiger partial charge in [-0.05, 0) is 12.0 Å². The van der Waals surface area contributed by atoms with Crippen LogP contribution in [0.4, 0.5) is 11.4 Å². The summed E-state index contributed by atoms with van der Waals surface area (Å²) in [6.07, 6.45) is 0.491. The van der Waals surface area contributed by atoms with E-state index in [-0.39, 0.29) is 16.7 Å². The van der Waals surface area contributed by atoms with Crippen molar-refractivity contribution in [2.75, 3.05) is 25.5 Å². The molecule has 0 spiro atoms. The number of hydrogen-bond donors (Lipinski definition) is 2. The van der Waals surface area contributed by atoms with Crippen LogP contribution in [0.2, 0.25) is 0 Å². The third-order valence-electron chi connectivity index (χ3n) is 3.22. The molecule has 98 valence electrons. The van der Waals surface area contributed by atoms with Crippen LogP contribution < -0.4 is 5.32 Å². The lowest BCUT2D eigenvalue weighted by Crippen LogP contribution is -2.22. The molecular weight excluding hydrogens is 234 g/mol. The predicted molar refractivity (Wildman–Crippen MR) is 68.5 cm³/mol. The van der Waals surface area contributed by atoms with Gasteiger partial charge in [-0.25, -0.2) is 0 Å². The number of aliphatic hydroxyl groups is 1. The molecule has 1 atom stereocenters. The molecule has 2 rings (SSSR count). The Bertz CT molecular complexity index is 450. The van der Waals surface area contributed by atoms with E-state index >= 15 is 0 Å². The largest absolute Gasteiger partial charge is 0.392 e. The van der Waals surface area contributed by atoms with E-state index < -0.39 is 0 Å². The monoisotopic (exact) mass is 251 g/mol. The van der Waals surface area contributed by atoms with Crippen molar-refractivity contribution in [1.29, 1.82) is 0 Å². The first-order chi connectivity index (χ1) is 8.61. The van der Waals surface area contributed by atoms with Crippen LogP contribution in [0.1, 0.15) is 12.0 Å². The molecule has 1 saturated heterocycles. The van der Waals surface area contributed by atoms with Gasteiger partial charge in [0.2, 0.25) is 0 Å². The van der Waals surface area contributed by atoms with Gasteiger partial charge in [0.05, 0.1) is 11.0 Å². The number of nitrogens with one attached hydrogen (secondary N) is 1. The van der Waals surface area contributed by atoms with Crippen molar-refractivity contribution in [3.8, 4) is 0 Å². The lowest BCUT2D eigenvalue weighted by atomic mass is 10.1. The SMILES string of the molecule is CNc1c(CN2CCC(O)C2)cccc1[N+](=O)[O-]. The Hall–Kier alpha value is -1.66. The summed E-state index contributed by atoms with van der Waals surface area (Å²) in [5, 5.41) is 23.3. The summed E-state index contributed by atoms with van der Waals surface area (Å²) in [6.45, 7) is 2.08. The van der Waals surface area contributed by atoms with E-state index in [1.807, 2.05) is 6.07 Å². The third-order valence-corrected chi connectivity index (χ3v) is 3.22. The van der Waals surface area contributed by atoms with E-state index in [2.05, 4.69) is 10.2 Å². The van der Waals surface area contributed by atoms with Gasteiger partial charge in [-0.3, -0.25) is 15.0 Å². The minimum Gasteiger partial charge on any atom is -0.392 e. The summed E-state index contributed by atoms with van der Waals surface area (Å²) >= 11 is 0. The number of likely N-dealkylation sites (tertiary alicyclic amines) is 1. The van der Waals surface area contributed by atoms with Crippen molar-refractivity contribution >= 4 is 11.4 Å². The van der Waals surface area contributed by atoms with E-state index in [4.69, 9.17) is 0 Å². The van der Waals surface area contributed by atoms with Crippen LogP contribution in [0.5, 0.6) is 0 Å². The number of para-hydroxylation sites is 1. The van der Waals surface area contributed by atoms with Crippen LogP contribution in [0.15, 0.2) is 18.2 Å². The number of nitro benzene ring substituents is 1. The van der Waals surface area contributed by atoms with Gasteiger partial charge in [-0.2, -0.15) is 0 Å². The molecule has 1 aromatic rings. The summed E-state index contributed by atoms with van der Waals surface area (Å²) in [5.74, 6) is 0. The van der Waals surface area contributed by atoms with Crippen molar-refractivity contribution < 1.29 is 10.0 Å². The highest BCUT2D eigenvalue weighted by Gasteiger charge is 2.23. The maximum atomic E-state index is 10.9. The number of nitro groups is 1. The Morgan fingerprint density at radius 1 is 1.61 bits per heavy atom. The Morgan fingerprint density at radius 2 is 2.39 bits per heavy atom. The van der Waals surface area contributed by atoms with Gasteiger partial charge in [0, 0.05) is 32.7 Å². The Kier molecular flexibility index (Phi) is 3.78. The van der Waals surface area contributed by atoms with Crippen molar-refractivity contribution in [2.24, 2.45) is 0 Å². The molecule has 1 aliphatic rings. The minimum absolute atomic E-state index is 0.0924. The summed E-state index contributed by atoms with van der Waals surface area (Å²) < 4.78 is 0. The molecule has 0 aromatic heterocycles.